The smallest absolute Gasteiger partial charge is 0.246 e. The fourth-order valence-electron chi connectivity index (χ4n) is 2.50. The van der Waals surface area contributed by atoms with Crippen LogP contribution in [0.3, 0.4) is 0 Å². The lowest BCUT2D eigenvalue weighted by molar-refractivity contribution is -0.125. The number of benzene rings is 2. The van der Waals surface area contributed by atoms with Crippen LogP contribution in [-0.4, -0.2) is 31.1 Å². The molecule has 0 radical (unpaired) electrons. The number of ether oxygens (including phenoxy) is 2. The highest BCUT2D eigenvalue weighted by atomic mass is 35.5. The standard InChI is InChI=1S/C19H17Cl2NO3/c1-22(12-14-2-4-17-18(10-14)25-7-6-24-17)19(23)5-3-13-8-15(20)11-16(21)9-13/h2-5,8-11H,6-7,12H2,1H3/b5-3+. The molecule has 0 bridgehead atoms. The number of amides is 1. The van der Waals surface area contributed by atoms with Crippen molar-refractivity contribution in [3.05, 3.63) is 63.6 Å². The number of hydrogen-bond acceptors (Lipinski definition) is 3. The van der Waals surface area contributed by atoms with Crippen LogP contribution in [0.4, 0.5) is 0 Å². The van der Waals surface area contributed by atoms with Gasteiger partial charge in [0.2, 0.25) is 5.91 Å². The molecule has 0 spiro atoms. The number of halogens is 2. The average molecular weight is 378 g/mol. The van der Waals surface area contributed by atoms with Crippen molar-refractivity contribution in [2.75, 3.05) is 20.3 Å². The molecular formula is C19H17Cl2NO3. The van der Waals surface area contributed by atoms with Gasteiger partial charge in [-0.2, -0.15) is 0 Å². The molecule has 0 aliphatic carbocycles. The van der Waals surface area contributed by atoms with Gasteiger partial charge in [-0.3, -0.25) is 4.79 Å². The van der Waals surface area contributed by atoms with E-state index in [0.717, 1.165) is 16.9 Å². The zero-order chi connectivity index (χ0) is 17.8. The SMILES string of the molecule is CN(Cc1ccc2c(c1)OCCO2)C(=O)/C=C/c1cc(Cl)cc(Cl)c1. The summed E-state index contributed by atoms with van der Waals surface area (Å²) in [5.74, 6) is 1.33. The predicted octanol–water partition coefficient (Wildman–Crippen LogP) is 4.44. The number of nitrogens with zero attached hydrogens (tertiary/aromatic N) is 1. The zero-order valence-corrected chi connectivity index (χ0v) is 15.2. The molecule has 3 rings (SSSR count). The Kier molecular flexibility index (Phi) is 5.51. The van der Waals surface area contributed by atoms with Crippen LogP contribution in [0.25, 0.3) is 6.08 Å². The summed E-state index contributed by atoms with van der Waals surface area (Å²) < 4.78 is 11.1. The van der Waals surface area contributed by atoms with E-state index >= 15 is 0 Å². The first-order chi connectivity index (χ1) is 12.0. The van der Waals surface area contributed by atoms with Crippen LogP contribution in [0.2, 0.25) is 10.0 Å². The Bertz CT molecular complexity index is 800. The molecule has 1 heterocycles. The van der Waals surface area contributed by atoms with Crippen molar-refractivity contribution in [3.63, 3.8) is 0 Å². The Hall–Kier alpha value is -2.17. The summed E-state index contributed by atoms with van der Waals surface area (Å²) in [7, 11) is 1.74. The van der Waals surface area contributed by atoms with E-state index < -0.39 is 0 Å². The van der Waals surface area contributed by atoms with Crippen molar-refractivity contribution < 1.29 is 14.3 Å². The van der Waals surface area contributed by atoms with E-state index in [1.807, 2.05) is 18.2 Å². The number of hydrogen-bond donors (Lipinski definition) is 0. The van der Waals surface area contributed by atoms with Crippen molar-refractivity contribution >= 4 is 35.2 Å². The molecule has 0 fully saturated rings. The lowest BCUT2D eigenvalue weighted by Crippen LogP contribution is -2.24. The first-order valence-corrected chi connectivity index (χ1v) is 8.54. The summed E-state index contributed by atoms with van der Waals surface area (Å²) in [6.07, 6.45) is 3.19. The van der Waals surface area contributed by atoms with E-state index in [4.69, 9.17) is 32.7 Å². The second kappa shape index (κ2) is 7.81. The maximum atomic E-state index is 12.3. The van der Waals surface area contributed by atoms with Gasteiger partial charge in [-0.25, -0.2) is 0 Å². The van der Waals surface area contributed by atoms with Crippen LogP contribution in [0, 0.1) is 0 Å². The summed E-state index contributed by atoms with van der Waals surface area (Å²) in [6, 6.07) is 10.8. The Morgan fingerprint density at radius 2 is 1.76 bits per heavy atom. The third-order valence-electron chi connectivity index (χ3n) is 3.71. The molecule has 1 aliphatic rings. The minimum absolute atomic E-state index is 0.119. The Morgan fingerprint density at radius 1 is 1.08 bits per heavy atom. The summed E-state index contributed by atoms with van der Waals surface area (Å²) in [6.45, 7) is 1.56. The number of fused-ring (bicyclic) bond motifs is 1. The molecule has 6 heteroatoms. The number of likely N-dealkylation sites (N-methyl/N-ethyl adjacent to an activating group) is 1. The maximum Gasteiger partial charge on any atom is 0.246 e. The van der Waals surface area contributed by atoms with Gasteiger partial charge in [-0.1, -0.05) is 29.3 Å². The number of rotatable bonds is 4. The largest absolute Gasteiger partial charge is 0.486 e. The van der Waals surface area contributed by atoms with Gasteiger partial charge in [0.25, 0.3) is 0 Å². The van der Waals surface area contributed by atoms with Gasteiger partial charge in [-0.15, -0.1) is 0 Å². The fraction of sp³-hybridized carbons (Fsp3) is 0.211. The van der Waals surface area contributed by atoms with Gasteiger partial charge < -0.3 is 14.4 Å². The molecule has 1 aliphatic heterocycles. The minimum atomic E-state index is -0.119. The first-order valence-electron chi connectivity index (χ1n) is 7.79. The molecule has 0 saturated heterocycles. The highest BCUT2D eigenvalue weighted by Crippen LogP contribution is 2.31. The highest BCUT2D eigenvalue weighted by molar-refractivity contribution is 6.34. The van der Waals surface area contributed by atoms with E-state index in [1.54, 1.807) is 36.2 Å². The summed E-state index contributed by atoms with van der Waals surface area (Å²) in [4.78, 5) is 13.9. The number of carbonyl (C=O) groups excluding carboxylic acids is 1. The summed E-state index contributed by atoms with van der Waals surface area (Å²) in [5.41, 5.74) is 1.75. The maximum absolute atomic E-state index is 12.3. The normalized spacial score (nSPS) is 13.1. The fourth-order valence-corrected chi connectivity index (χ4v) is 3.05. The molecule has 0 N–H and O–H groups in total. The van der Waals surface area contributed by atoms with Crippen molar-refractivity contribution in [1.82, 2.24) is 4.90 Å². The molecule has 0 atom stereocenters. The zero-order valence-electron chi connectivity index (χ0n) is 13.7. The quantitative estimate of drug-likeness (QED) is 0.739. The first kappa shape index (κ1) is 17.6. The second-order valence-corrected chi connectivity index (χ2v) is 6.58. The minimum Gasteiger partial charge on any atom is -0.486 e. The second-order valence-electron chi connectivity index (χ2n) is 5.71. The van der Waals surface area contributed by atoms with Gasteiger partial charge >= 0.3 is 0 Å². The predicted molar refractivity (Wildman–Crippen MR) is 99.4 cm³/mol. The molecule has 2 aromatic carbocycles. The number of carbonyl (C=O) groups is 1. The monoisotopic (exact) mass is 377 g/mol. The van der Waals surface area contributed by atoms with Crippen LogP contribution < -0.4 is 9.47 Å². The Labute approximate surface area is 156 Å². The summed E-state index contributed by atoms with van der Waals surface area (Å²) >= 11 is 11.9. The molecule has 0 aromatic heterocycles. The summed E-state index contributed by atoms with van der Waals surface area (Å²) in [5, 5.41) is 1.06. The lowest BCUT2D eigenvalue weighted by Gasteiger charge is -2.20. The van der Waals surface area contributed by atoms with Gasteiger partial charge in [0, 0.05) is 29.7 Å². The van der Waals surface area contributed by atoms with Crippen LogP contribution in [0.1, 0.15) is 11.1 Å². The molecule has 130 valence electrons. The molecule has 2 aromatic rings. The van der Waals surface area contributed by atoms with E-state index in [0.29, 0.717) is 35.6 Å². The third-order valence-corrected chi connectivity index (χ3v) is 4.14. The van der Waals surface area contributed by atoms with Crippen LogP contribution in [-0.2, 0) is 11.3 Å². The molecular weight excluding hydrogens is 361 g/mol. The highest BCUT2D eigenvalue weighted by Gasteiger charge is 2.13. The average Bonchev–Trinajstić information content (AvgIpc) is 2.58. The van der Waals surface area contributed by atoms with Crippen LogP contribution in [0.5, 0.6) is 11.5 Å². The van der Waals surface area contributed by atoms with Gasteiger partial charge in [0.15, 0.2) is 11.5 Å². The van der Waals surface area contributed by atoms with E-state index in [2.05, 4.69) is 0 Å². The molecule has 1 amide bonds. The van der Waals surface area contributed by atoms with Crippen molar-refractivity contribution in [3.8, 4) is 11.5 Å². The van der Waals surface area contributed by atoms with Gasteiger partial charge in [0.05, 0.1) is 0 Å². The third kappa shape index (κ3) is 4.68. The van der Waals surface area contributed by atoms with Crippen molar-refractivity contribution in [2.45, 2.75) is 6.54 Å². The molecule has 0 unspecified atom stereocenters. The molecule has 0 saturated carbocycles. The van der Waals surface area contributed by atoms with Crippen molar-refractivity contribution in [1.29, 1.82) is 0 Å². The van der Waals surface area contributed by atoms with E-state index in [-0.39, 0.29) is 5.91 Å². The van der Waals surface area contributed by atoms with E-state index in [1.165, 1.54) is 6.08 Å². The molecule has 25 heavy (non-hydrogen) atoms. The lowest BCUT2D eigenvalue weighted by atomic mass is 10.1. The van der Waals surface area contributed by atoms with Gasteiger partial charge in [0.1, 0.15) is 13.2 Å². The van der Waals surface area contributed by atoms with Crippen LogP contribution >= 0.6 is 23.2 Å². The Balaban J connectivity index is 1.65. The van der Waals surface area contributed by atoms with E-state index in [9.17, 15) is 4.79 Å². The van der Waals surface area contributed by atoms with Crippen LogP contribution in [0.15, 0.2) is 42.5 Å². The topological polar surface area (TPSA) is 38.8 Å². The van der Waals surface area contributed by atoms with Gasteiger partial charge in [-0.05, 0) is 47.5 Å². The van der Waals surface area contributed by atoms with Crippen molar-refractivity contribution in [2.24, 2.45) is 0 Å². The molecule has 4 nitrogen and oxygen atoms in total. The Morgan fingerprint density at radius 3 is 2.48 bits per heavy atom.